The maximum absolute atomic E-state index is 13.7. The minimum absolute atomic E-state index is 0.0363. The van der Waals surface area contributed by atoms with Crippen molar-refractivity contribution in [2.45, 2.75) is 38.0 Å². The van der Waals surface area contributed by atoms with Crippen molar-refractivity contribution in [3.05, 3.63) is 58.6 Å². The van der Waals surface area contributed by atoms with Crippen molar-refractivity contribution in [2.75, 3.05) is 57.3 Å². The molecule has 1 N–H and O–H groups in total. The molecule has 3 aliphatic heterocycles. The third-order valence-electron chi connectivity index (χ3n) is 9.14. The molecule has 5 rings (SSSR count). The lowest BCUT2D eigenvalue weighted by Gasteiger charge is -2.34. The summed E-state index contributed by atoms with van der Waals surface area (Å²) in [7, 11) is -3.91. The van der Waals surface area contributed by atoms with Crippen LogP contribution in [0.1, 0.15) is 42.1 Å². The number of sulfonamides is 1. The van der Waals surface area contributed by atoms with Crippen molar-refractivity contribution < 1.29 is 27.9 Å². The number of piperidine rings is 1. The highest BCUT2D eigenvalue weighted by atomic mass is 35.5. The van der Waals surface area contributed by atoms with E-state index in [1.165, 1.54) is 22.5 Å². The van der Waals surface area contributed by atoms with Gasteiger partial charge in [-0.3, -0.25) is 9.59 Å². The number of hydrogen-bond donors (Lipinski definition) is 1. The molecule has 2 amide bonds. The lowest BCUT2D eigenvalue weighted by Crippen LogP contribution is -2.44. The molecule has 232 valence electrons. The molecular weight excluding hydrogens is 592 g/mol. The van der Waals surface area contributed by atoms with Crippen LogP contribution in [0, 0.1) is 24.7 Å². The highest BCUT2D eigenvalue weighted by Crippen LogP contribution is 2.35. The van der Waals surface area contributed by atoms with E-state index in [2.05, 4.69) is 4.90 Å². The summed E-state index contributed by atoms with van der Waals surface area (Å²) in [5, 5.41) is 10.1. The fourth-order valence-electron chi connectivity index (χ4n) is 6.66. The van der Waals surface area contributed by atoms with Crippen molar-refractivity contribution in [1.82, 2.24) is 14.1 Å². The number of aryl methyl sites for hydroxylation is 1. The van der Waals surface area contributed by atoms with Crippen LogP contribution in [0.15, 0.2) is 47.4 Å². The Hall–Kier alpha value is -2.99. The van der Waals surface area contributed by atoms with Gasteiger partial charge in [0.05, 0.1) is 10.5 Å². The first-order chi connectivity index (χ1) is 20.5. The third-order valence-corrected chi connectivity index (χ3v) is 11.4. The minimum atomic E-state index is -3.91. The van der Waals surface area contributed by atoms with Gasteiger partial charge in [0.25, 0.3) is 0 Å². The molecule has 0 spiro atoms. The summed E-state index contributed by atoms with van der Waals surface area (Å²) in [5.41, 5.74) is 1.51. The first kappa shape index (κ1) is 31.4. The number of amides is 2. The van der Waals surface area contributed by atoms with Gasteiger partial charge in [-0.05, 0) is 74.4 Å². The standard InChI is InChI=1S/C31H39ClN4O6S/c1-21-8-9-26(16-28(21)32)36(30(38)23-10-14-34(15-11-23)22(2)37)13-5-12-33-17-24-19-35(20-25(24)18-33)43(41,42)29-7-4-3-6-27(29)31(39)40/h3-4,6-9,16,23-25H,5,10-15,17-20H2,1-2H3,(H,39,40). The normalized spacial score (nSPS) is 21.6. The topological polar surface area (TPSA) is 119 Å². The van der Waals surface area contributed by atoms with E-state index in [1.54, 1.807) is 17.9 Å². The summed E-state index contributed by atoms with van der Waals surface area (Å²) in [4.78, 5) is 42.9. The van der Waals surface area contributed by atoms with E-state index in [9.17, 15) is 27.9 Å². The Labute approximate surface area is 258 Å². The Kier molecular flexibility index (Phi) is 9.46. The second-order valence-corrected chi connectivity index (χ2v) is 14.3. The number of fused-ring (bicyclic) bond motifs is 1. The molecular formula is C31H39ClN4O6S. The molecule has 43 heavy (non-hydrogen) atoms. The van der Waals surface area contributed by atoms with E-state index in [0.29, 0.717) is 50.6 Å². The molecule has 0 aliphatic carbocycles. The van der Waals surface area contributed by atoms with Crippen LogP contribution in [0.2, 0.25) is 5.02 Å². The average molecular weight is 631 g/mol. The number of nitrogens with zero attached hydrogens (tertiary/aromatic N) is 4. The minimum Gasteiger partial charge on any atom is -0.478 e. The number of halogens is 1. The van der Waals surface area contributed by atoms with Gasteiger partial charge in [0.1, 0.15) is 0 Å². The predicted molar refractivity (Wildman–Crippen MR) is 164 cm³/mol. The molecule has 3 fully saturated rings. The van der Waals surface area contributed by atoms with Gasteiger partial charge < -0.3 is 19.8 Å². The summed E-state index contributed by atoms with van der Waals surface area (Å²) in [6.45, 7) is 8.19. The van der Waals surface area contributed by atoms with Crippen LogP contribution in [0.25, 0.3) is 0 Å². The van der Waals surface area contributed by atoms with Crippen LogP contribution in [-0.2, 0) is 19.6 Å². The zero-order valence-corrected chi connectivity index (χ0v) is 26.2. The number of carbonyl (C=O) groups excluding carboxylic acids is 2. The molecule has 3 saturated heterocycles. The van der Waals surface area contributed by atoms with Gasteiger partial charge in [0.15, 0.2) is 0 Å². The Morgan fingerprint density at radius 3 is 2.26 bits per heavy atom. The Morgan fingerprint density at radius 2 is 1.65 bits per heavy atom. The average Bonchev–Trinajstić information content (AvgIpc) is 3.56. The monoisotopic (exact) mass is 630 g/mol. The highest BCUT2D eigenvalue weighted by Gasteiger charge is 2.44. The molecule has 0 radical (unpaired) electrons. The van der Waals surface area contributed by atoms with Gasteiger partial charge in [-0.15, -0.1) is 0 Å². The fourth-order valence-corrected chi connectivity index (χ4v) is 8.58. The summed E-state index contributed by atoms with van der Waals surface area (Å²) >= 11 is 6.44. The molecule has 2 aromatic rings. The highest BCUT2D eigenvalue weighted by molar-refractivity contribution is 7.89. The molecule has 12 heteroatoms. The Morgan fingerprint density at radius 1 is 1.00 bits per heavy atom. The smallest absolute Gasteiger partial charge is 0.337 e. The predicted octanol–water partition coefficient (Wildman–Crippen LogP) is 3.58. The lowest BCUT2D eigenvalue weighted by atomic mass is 9.94. The van der Waals surface area contributed by atoms with Crippen LogP contribution >= 0.6 is 11.6 Å². The van der Waals surface area contributed by atoms with Crippen LogP contribution in [0.5, 0.6) is 0 Å². The summed E-state index contributed by atoms with van der Waals surface area (Å²) < 4.78 is 28.1. The molecule has 3 heterocycles. The summed E-state index contributed by atoms with van der Waals surface area (Å²) in [6, 6.07) is 11.5. The fraction of sp³-hybridized carbons (Fsp3) is 0.516. The zero-order chi connectivity index (χ0) is 30.9. The van der Waals surface area contributed by atoms with Crippen LogP contribution in [-0.4, -0.2) is 97.8 Å². The van der Waals surface area contributed by atoms with E-state index in [1.807, 2.05) is 30.0 Å². The molecule has 2 unspecified atom stereocenters. The number of rotatable bonds is 9. The molecule has 3 aliphatic rings. The maximum Gasteiger partial charge on any atom is 0.337 e. The molecule has 0 bridgehead atoms. The quantitative estimate of drug-likeness (QED) is 0.450. The number of aromatic carboxylic acids is 1. The number of anilines is 1. The van der Waals surface area contributed by atoms with E-state index in [-0.39, 0.29) is 40.0 Å². The van der Waals surface area contributed by atoms with E-state index < -0.39 is 16.0 Å². The van der Waals surface area contributed by atoms with Crippen molar-refractivity contribution in [2.24, 2.45) is 17.8 Å². The third kappa shape index (κ3) is 6.74. The van der Waals surface area contributed by atoms with Gasteiger partial charge in [0, 0.05) is 69.4 Å². The number of carboxylic acid groups (broad SMARTS) is 1. The molecule has 0 aromatic heterocycles. The molecule has 2 aromatic carbocycles. The molecule has 10 nitrogen and oxygen atoms in total. The number of carbonyl (C=O) groups is 3. The second-order valence-electron chi connectivity index (χ2n) is 12.0. The zero-order valence-electron chi connectivity index (χ0n) is 24.6. The van der Waals surface area contributed by atoms with Gasteiger partial charge in [-0.1, -0.05) is 29.8 Å². The molecule has 0 saturated carbocycles. The van der Waals surface area contributed by atoms with E-state index in [4.69, 9.17) is 11.6 Å². The summed E-state index contributed by atoms with van der Waals surface area (Å²) in [5.74, 6) is -0.968. The van der Waals surface area contributed by atoms with Gasteiger partial charge in [-0.25, -0.2) is 13.2 Å². The van der Waals surface area contributed by atoms with E-state index >= 15 is 0 Å². The van der Waals surface area contributed by atoms with Crippen molar-refractivity contribution in [3.8, 4) is 0 Å². The van der Waals surface area contributed by atoms with Crippen LogP contribution in [0.4, 0.5) is 5.69 Å². The Bertz CT molecular complexity index is 1480. The van der Waals surface area contributed by atoms with Gasteiger partial charge in [-0.2, -0.15) is 4.31 Å². The maximum atomic E-state index is 13.7. The number of benzene rings is 2. The van der Waals surface area contributed by atoms with Gasteiger partial charge >= 0.3 is 5.97 Å². The SMILES string of the molecule is CC(=O)N1CCC(C(=O)N(CCCN2CC3CN(S(=O)(=O)c4ccccc4C(=O)O)CC3C2)c2ccc(C)c(Cl)c2)CC1. The summed E-state index contributed by atoms with van der Waals surface area (Å²) in [6.07, 6.45) is 2.03. The first-order valence-electron chi connectivity index (χ1n) is 14.8. The second kappa shape index (κ2) is 12.9. The van der Waals surface area contributed by atoms with Crippen molar-refractivity contribution >= 4 is 45.1 Å². The lowest BCUT2D eigenvalue weighted by molar-refractivity contribution is -0.133. The number of hydrogen-bond acceptors (Lipinski definition) is 6. The van der Waals surface area contributed by atoms with Gasteiger partial charge in [0.2, 0.25) is 21.8 Å². The van der Waals surface area contributed by atoms with Crippen molar-refractivity contribution in [1.29, 1.82) is 0 Å². The van der Waals surface area contributed by atoms with E-state index in [0.717, 1.165) is 37.3 Å². The number of likely N-dealkylation sites (tertiary alicyclic amines) is 2. The first-order valence-corrected chi connectivity index (χ1v) is 16.7. The molecule has 2 atom stereocenters. The van der Waals surface area contributed by atoms with Crippen molar-refractivity contribution in [3.63, 3.8) is 0 Å². The number of carboxylic acids is 1. The largest absolute Gasteiger partial charge is 0.478 e. The van der Waals surface area contributed by atoms with Crippen LogP contribution in [0.3, 0.4) is 0 Å². The van der Waals surface area contributed by atoms with Crippen LogP contribution < -0.4 is 4.90 Å². The Balaban J connectivity index is 1.19.